The molecule has 0 atom stereocenters. The fourth-order valence-corrected chi connectivity index (χ4v) is 0.811. The van der Waals surface area contributed by atoms with E-state index in [1.54, 1.807) is 18.3 Å². The van der Waals surface area contributed by atoms with Gasteiger partial charge in [0.2, 0.25) is 0 Å². The van der Waals surface area contributed by atoms with Gasteiger partial charge in [-0.3, -0.25) is 4.09 Å². The summed E-state index contributed by atoms with van der Waals surface area (Å²) in [7, 11) is 1.31. The summed E-state index contributed by atoms with van der Waals surface area (Å²) in [5.41, 5.74) is 0.337. The molecule has 1 heterocycles. The van der Waals surface area contributed by atoms with E-state index in [1.165, 1.54) is 11.2 Å². The Balaban J connectivity index is 2.93. The molecular weight excluding hydrogens is 154 g/mol. The van der Waals surface area contributed by atoms with Crippen LogP contribution in [0.25, 0.3) is 0 Å². The number of halogens is 1. The van der Waals surface area contributed by atoms with Crippen molar-refractivity contribution >= 4 is 17.7 Å². The second-order valence-electron chi connectivity index (χ2n) is 1.70. The molecule has 0 saturated carbocycles. The van der Waals surface area contributed by atoms with Crippen LogP contribution in [0.15, 0.2) is 18.3 Å². The van der Waals surface area contributed by atoms with E-state index >= 15 is 0 Å². The molecule has 1 rings (SSSR count). The Morgan fingerprint density at radius 3 is 2.90 bits per heavy atom. The van der Waals surface area contributed by atoms with Crippen molar-refractivity contribution in [3.63, 3.8) is 0 Å². The summed E-state index contributed by atoms with van der Waals surface area (Å²) in [5, 5.41) is 0. The van der Waals surface area contributed by atoms with Gasteiger partial charge in [0.05, 0.1) is 7.11 Å². The van der Waals surface area contributed by atoms with E-state index in [0.29, 0.717) is 5.69 Å². The molecule has 54 valence electrons. The van der Waals surface area contributed by atoms with Gasteiger partial charge >= 0.3 is 5.97 Å². The number of hydrogen-bond donors (Lipinski definition) is 0. The highest BCUT2D eigenvalue weighted by atomic mass is 35.5. The average molecular weight is 160 g/mol. The second-order valence-corrected chi connectivity index (χ2v) is 2.06. The Morgan fingerprint density at radius 2 is 2.50 bits per heavy atom. The normalized spacial score (nSPS) is 9.40. The van der Waals surface area contributed by atoms with Gasteiger partial charge in [-0.25, -0.2) is 4.79 Å². The molecule has 1 aromatic heterocycles. The predicted molar refractivity (Wildman–Crippen MR) is 37.0 cm³/mol. The number of ether oxygens (including phenoxy) is 1. The van der Waals surface area contributed by atoms with E-state index in [1.807, 2.05) is 0 Å². The maximum atomic E-state index is 10.8. The molecule has 1 aromatic rings. The van der Waals surface area contributed by atoms with E-state index in [9.17, 15) is 4.79 Å². The van der Waals surface area contributed by atoms with Crippen molar-refractivity contribution in [2.45, 2.75) is 0 Å². The minimum atomic E-state index is -0.431. The van der Waals surface area contributed by atoms with Crippen LogP contribution in [0.3, 0.4) is 0 Å². The SMILES string of the molecule is COC(=O)c1cccn1Cl. The van der Waals surface area contributed by atoms with Crippen LogP contribution in [0.5, 0.6) is 0 Å². The standard InChI is InChI=1S/C6H6ClNO2/c1-10-6(9)5-3-2-4-8(5)7/h2-4H,1H3. The first-order valence-electron chi connectivity index (χ1n) is 2.67. The topological polar surface area (TPSA) is 31.2 Å². The Bertz CT molecular complexity index is 244. The number of aromatic nitrogens is 1. The minimum Gasteiger partial charge on any atom is -0.464 e. The van der Waals surface area contributed by atoms with Crippen LogP contribution in [0.4, 0.5) is 0 Å². The van der Waals surface area contributed by atoms with Crippen LogP contribution in [-0.2, 0) is 4.74 Å². The van der Waals surface area contributed by atoms with Crippen molar-refractivity contribution in [2.75, 3.05) is 7.11 Å². The van der Waals surface area contributed by atoms with Crippen molar-refractivity contribution in [2.24, 2.45) is 0 Å². The van der Waals surface area contributed by atoms with E-state index in [2.05, 4.69) is 4.74 Å². The summed E-state index contributed by atoms with van der Waals surface area (Å²) in [6, 6.07) is 3.25. The molecule has 10 heavy (non-hydrogen) atoms. The molecule has 0 unspecified atom stereocenters. The Labute approximate surface area is 63.3 Å². The number of hydrogen-bond acceptors (Lipinski definition) is 2. The zero-order valence-corrected chi connectivity index (χ0v) is 6.13. The molecule has 0 spiro atoms. The van der Waals surface area contributed by atoms with Gasteiger partial charge in [-0.05, 0) is 12.1 Å². The summed E-state index contributed by atoms with van der Waals surface area (Å²) >= 11 is 5.53. The monoisotopic (exact) mass is 159 g/mol. The lowest BCUT2D eigenvalue weighted by Gasteiger charge is -1.96. The number of esters is 1. The fraction of sp³-hybridized carbons (Fsp3) is 0.167. The Kier molecular flexibility index (Phi) is 1.97. The first-order chi connectivity index (χ1) is 4.75. The molecule has 0 amide bonds. The van der Waals surface area contributed by atoms with Crippen LogP contribution in [0.1, 0.15) is 10.5 Å². The summed E-state index contributed by atoms with van der Waals surface area (Å²) in [5.74, 6) is -0.431. The van der Waals surface area contributed by atoms with Crippen LogP contribution in [0.2, 0.25) is 0 Å². The summed E-state index contributed by atoms with van der Waals surface area (Å²) in [6.07, 6.45) is 1.56. The van der Waals surface area contributed by atoms with Crippen molar-refractivity contribution in [3.05, 3.63) is 24.0 Å². The average Bonchev–Trinajstić information content (AvgIpc) is 2.34. The predicted octanol–water partition coefficient (Wildman–Crippen LogP) is 1.28. The van der Waals surface area contributed by atoms with Gasteiger partial charge < -0.3 is 4.74 Å². The molecular formula is C6H6ClNO2. The summed E-state index contributed by atoms with van der Waals surface area (Å²) in [4.78, 5) is 10.8. The zero-order valence-electron chi connectivity index (χ0n) is 5.37. The number of methoxy groups -OCH3 is 1. The molecule has 0 aliphatic rings. The van der Waals surface area contributed by atoms with Crippen LogP contribution < -0.4 is 0 Å². The lowest BCUT2D eigenvalue weighted by atomic mass is 10.4. The van der Waals surface area contributed by atoms with Gasteiger partial charge in [-0.15, -0.1) is 0 Å². The molecule has 0 aliphatic heterocycles. The van der Waals surface area contributed by atoms with Crippen molar-refractivity contribution in [1.29, 1.82) is 0 Å². The maximum absolute atomic E-state index is 10.8. The lowest BCUT2D eigenvalue weighted by Crippen LogP contribution is -2.03. The second kappa shape index (κ2) is 2.75. The highest BCUT2D eigenvalue weighted by Gasteiger charge is 2.07. The number of rotatable bonds is 1. The first-order valence-corrected chi connectivity index (χ1v) is 3.01. The van der Waals surface area contributed by atoms with Gasteiger partial charge in [0.1, 0.15) is 5.69 Å². The van der Waals surface area contributed by atoms with Gasteiger partial charge in [0, 0.05) is 18.0 Å². The van der Waals surface area contributed by atoms with Crippen molar-refractivity contribution in [3.8, 4) is 0 Å². The summed E-state index contributed by atoms with van der Waals surface area (Å²) in [6.45, 7) is 0. The van der Waals surface area contributed by atoms with Crippen LogP contribution in [-0.4, -0.2) is 17.2 Å². The molecule has 3 nitrogen and oxygen atoms in total. The first kappa shape index (κ1) is 7.15. The van der Waals surface area contributed by atoms with E-state index in [-0.39, 0.29) is 0 Å². The van der Waals surface area contributed by atoms with Gasteiger partial charge in [-0.2, -0.15) is 0 Å². The summed E-state index contributed by atoms with van der Waals surface area (Å²) < 4.78 is 5.62. The molecule has 0 fully saturated rings. The van der Waals surface area contributed by atoms with Crippen LogP contribution in [0, 0.1) is 0 Å². The lowest BCUT2D eigenvalue weighted by molar-refractivity contribution is 0.0593. The zero-order chi connectivity index (χ0) is 7.56. The van der Waals surface area contributed by atoms with Gasteiger partial charge in [0.25, 0.3) is 0 Å². The molecule has 0 N–H and O–H groups in total. The molecule has 0 radical (unpaired) electrons. The molecule has 0 aromatic carbocycles. The highest BCUT2D eigenvalue weighted by Crippen LogP contribution is 2.04. The fourth-order valence-electron chi connectivity index (χ4n) is 0.621. The molecule has 4 heteroatoms. The smallest absolute Gasteiger partial charge is 0.355 e. The largest absolute Gasteiger partial charge is 0.464 e. The quantitative estimate of drug-likeness (QED) is 0.578. The third-order valence-corrected chi connectivity index (χ3v) is 1.39. The van der Waals surface area contributed by atoms with E-state index < -0.39 is 5.97 Å². The maximum Gasteiger partial charge on any atom is 0.355 e. The van der Waals surface area contributed by atoms with Crippen LogP contribution >= 0.6 is 11.8 Å². The molecule has 0 aliphatic carbocycles. The van der Waals surface area contributed by atoms with Crippen molar-refractivity contribution < 1.29 is 9.53 Å². The van der Waals surface area contributed by atoms with Gasteiger partial charge in [-0.1, -0.05) is 0 Å². The molecule has 0 bridgehead atoms. The minimum absolute atomic E-state index is 0.337. The number of carbonyl (C=O) groups excluding carboxylic acids is 1. The third kappa shape index (κ3) is 1.14. The van der Waals surface area contributed by atoms with E-state index in [0.717, 1.165) is 0 Å². The Morgan fingerprint density at radius 1 is 1.80 bits per heavy atom. The number of nitrogens with zero attached hydrogens (tertiary/aromatic N) is 1. The number of carbonyl (C=O) groups is 1. The van der Waals surface area contributed by atoms with E-state index in [4.69, 9.17) is 11.8 Å². The highest BCUT2D eigenvalue weighted by molar-refractivity contribution is 6.17. The third-order valence-electron chi connectivity index (χ3n) is 1.10. The van der Waals surface area contributed by atoms with Gasteiger partial charge in [0.15, 0.2) is 0 Å². The molecule has 0 saturated heterocycles. The Hall–Kier alpha value is -0.960. The van der Waals surface area contributed by atoms with Crippen molar-refractivity contribution in [1.82, 2.24) is 4.09 Å².